The van der Waals surface area contributed by atoms with Gasteiger partial charge in [-0.15, -0.1) is 0 Å². The molecule has 7 heteroatoms. The summed E-state index contributed by atoms with van der Waals surface area (Å²) < 4.78 is 5.55. The van der Waals surface area contributed by atoms with Crippen LogP contribution in [0.1, 0.15) is 51.9 Å². The fraction of sp³-hybridized carbons (Fsp3) is 0.571. The molecule has 4 rings (SSSR count). The van der Waals surface area contributed by atoms with Crippen molar-refractivity contribution < 1.29 is 19.1 Å². The van der Waals surface area contributed by atoms with Crippen LogP contribution in [0.3, 0.4) is 0 Å². The zero-order valence-corrected chi connectivity index (χ0v) is 16.9. The average molecular weight is 403 g/mol. The number of carbonyl (C=O) groups excluding carboxylic acids is 3. The van der Waals surface area contributed by atoms with Crippen LogP contribution in [0.25, 0.3) is 0 Å². The molecule has 1 aromatic rings. The zero-order chi connectivity index (χ0) is 19.7. The minimum atomic E-state index is -1.08. The lowest BCUT2D eigenvalue weighted by Gasteiger charge is -2.30. The van der Waals surface area contributed by atoms with Crippen molar-refractivity contribution in [1.82, 2.24) is 5.32 Å². The SMILES string of the molecule is C[C@@H](OC(=O)[C@]12CCC(=O)N1c1ccccc1S2)C(=O)NCC1CCCCC1. The van der Waals surface area contributed by atoms with Crippen LogP contribution in [0.4, 0.5) is 5.69 Å². The van der Waals surface area contributed by atoms with Gasteiger partial charge < -0.3 is 10.1 Å². The predicted octanol–water partition coefficient (Wildman–Crippen LogP) is 3.24. The number of anilines is 1. The number of amides is 2. The molecule has 3 aliphatic rings. The van der Waals surface area contributed by atoms with Crippen molar-refractivity contribution in [2.24, 2.45) is 5.92 Å². The quantitative estimate of drug-likeness (QED) is 0.765. The fourth-order valence-electron chi connectivity index (χ4n) is 4.36. The molecule has 1 saturated heterocycles. The van der Waals surface area contributed by atoms with Crippen molar-refractivity contribution in [3.8, 4) is 0 Å². The van der Waals surface area contributed by atoms with Crippen LogP contribution in [0.15, 0.2) is 29.2 Å². The van der Waals surface area contributed by atoms with Crippen LogP contribution in [-0.2, 0) is 19.1 Å². The van der Waals surface area contributed by atoms with E-state index in [0.717, 1.165) is 23.4 Å². The normalized spacial score (nSPS) is 25.2. The Morgan fingerprint density at radius 2 is 2.04 bits per heavy atom. The third kappa shape index (κ3) is 3.41. The van der Waals surface area contributed by atoms with Gasteiger partial charge >= 0.3 is 5.97 Å². The van der Waals surface area contributed by atoms with Crippen LogP contribution in [-0.4, -0.2) is 35.3 Å². The van der Waals surface area contributed by atoms with Gasteiger partial charge in [-0.3, -0.25) is 14.5 Å². The van der Waals surface area contributed by atoms with E-state index in [1.807, 2.05) is 24.3 Å². The van der Waals surface area contributed by atoms with Gasteiger partial charge in [-0.25, -0.2) is 4.79 Å². The van der Waals surface area contributed by atoms with Crippen molar-refractivity contribution in [2.75, 3.05) is 11.4 Å². The molecule has 150 valence electrons. The van der Waals surface area contributed by atoms with E-state index in [9.17, 15) is 14.4 Å². The number of rotatable bonds is 5. The van der Waals surface area contributed by atoms with E-state index < -0.39 is 16.9 Å². The molecule has 0 bridgehead atoms. The summed E-state index contributed by atoms with van der Waals surface area (Å²) in [6.45, 7) is 2.23. The van der Waals surface area contributed by atoms with E-state index in [-0.39, 0.29) is 11.8 Å². The number of esters is 1. The second-order valence-electron chi connectivity index (χ2n) is 7.88. The van der Waals surface area contributed by atoms with Gasteiger partial charge in [0.05, 0.1) is 5.69 Å². The van der Waals surface area contributed by atoms with Crippen molar-refractivity contribution >= 4 is 35.2 Å². The Kier molecular flexibility index (Phi) is 5.36. The summed E-state index contributed by atoms with van der Waals surface area (Å²) in [5.74, 6) is -0.350. The van der Waals surface area contributed by atoms with Gasteiger partial charge in [-0.1, -0.05) is 43.2 Å². The van der Waals surface area contributed by atoms with E-state index in [2.05, 4.69) is 5.32 Å². The zero-order valence-electron chi connectivity index (χ0n) is 16.1. The highest BCUT2D eigenvalue weighted by Crippen LogP contribution is 2.56. The molecular weight excluding hydrogens is 376 g/mol. The molecule has 2 heterocycles. The first-order valence-electron chi connectivity index (χ1n) is 10.1. The molecule has 2 aliphatic heterocycles. The smallest absolute Gasteiger partial charge is 0.344 e. The molecule has 0 unspecified atom stereocenters. The summed E-state index contributed by atoms with van der Waals surface area (Å²) in [6, 6.07) is 7.49. The Labute approximate surface area is 169 Å². The van der Waals surface area contributed by atoms with Crippen molar-refractivity contribution in [3.63, 3.8) is 0 Å². The third-order valence-corrected chi connectivity index (χ3v) is 7.39. The third-order valence-electron chi connectivity index (χ3n) is 5.94. The molecule has 1 N–H and O–H groups in total. The predicted molar refractivity (Wildman–Crippen MR) is 107 cm³/mol. The summed E-state index contributed by atoms with van der Waals surface area (Å²) in [5, 5.41) is 2.93. The number of para-hydroxylation sites is 1. The Morgan fingerprint density at radius 3 is 2.82 bits per heavy atom. The lowest BCUT2D eigenvalue weighted by molar-refractivity contribution is -0.157. The lowest BCUT2D eigenvalue weighted by atomic mass is 9.89. The van der Waals surface area contributed by atoms with Gasteiger partial charge in [0.15, 0.2) is 11.0 Å². The first kappa shape index (κ1) is 19.3. The number of hydrogen-bond donors (Lipinski definition) is 1. The number of thioether (sulfide) groups is 1. The van der Waals surface area contributed by atoms with E-state index in [4.69, 9.17) is 4.74 Å². The molecule has 1 aliphatic carbocycles. The molecule has 0 spiro atoms. The highest BCUT2D eigenvalue weighted by Gasteiger charge is 2.58. The first-order valence-corrected chi connectivity index (χ1v) is 10.9. The number of nitrogens with one attached hydrogen (secondary N) is 1. The highest BCUT2D eigenvalue weighted by molar-refractivity contribution is 8.02. The van der Waals surface area contributed by atoms with Crippen LogP contribution >= 0.6 is 11.8 Å². The van der Waals surface area contributed by atoms with Gasteiger partial charge in [0.1, 0.15) is 0 Å². The Bertz CT molecular complexity index is 792. The van der Waals surface area contributed by atoms with Gasteiger partial charge in [-0.2, -0.15) is 0 Å². The average Bonchev–Trinajstić information content (AvgIpc) is 3.22. The summed E-state index contributed by atoms with van der Waals surface area (Å²) in [4.78, 5) is 39.3. The van der Waals surface area contributed by atoms with Gasteiger partial charge in [0.2, 0.25) is 5.91 Å². The van der Waals surface area contributed by atoms with Crippen LogP contribution in [0.5, 0.6) is 0 Å². The van der Waals surface area contributed by atoms with E-state index in [1.54, 1.807) is 11.8 Å². The van der Waals surface area contributed by atoms with Crippen LogP contribution < -0.4 is 10.2 Å². The molecule has 2 amide bonds. The lowest BCUT2D eigenvalue weighted by Crippen LogP contribution is -2.50. The minimum absolute atomic E-state index is 0.0798. The number of ether oxygens (including phenoxy) is 1. The Balaban J connectivity index is 1.40. The minimum Gasteiger partial charge on any atom is -0.450 e. The highest BCUT2D eigenvalue weighted by atomic mass is 32.2. The number of fused-ring (bicyclic) bond motifs is 3. The standard InChI is InChI=1S/C21H26N2O4S/c1-14(19(25)22-13-15-7-3-2-4-8-15)27-20(26)21-12-11-18(24)23(21)16-9-5-6-10-17(16)28-21/h5-6,9-10,14-15H,2-4,7-8,11-13H2,1H3,(H,22,25)/t14-,21-/m1/s1. The van der Waals surface area contributed by atoms with E-state index >= 15 is 0 Å². The topological polar surface area (TPSA) is 75.7 Å². The first-order chi connectivity index (χ1) is 13.5. The van der Waals surface area contributed by atoms with Gasteiger partial charge in [0, 0.05) is 24.3 Å². The molecule has 1 aromatic carbocycles. The second-order valence-corrected chi connectivity index (χ2v) is 9.20. The van der Waals surface area contributed by atoms with Crippen molar-refractivity contribution in [2.45, 2.75) is 67.7 Å². The Morgan fingerprint density at radius 1 is 1.29 bits per heavy atom. The maximum atomic E-state index is 13.1. The number of hydrogen-bond acceptors (Lipinski definition) is 5. The summed E-state index contributed by atoms with van der Waals surface area (Å²) in [5.41, 5.74) is 0.751. The Hall–Kier alpha value is -2.02. The van der Waals surface area contributed by atoms with Crippen LogP contribution in [0, 0.1) is 5.92 Å². The summed E-state index contributed by atoms with van der Waals surface area (Å²) >= 11 is 1.35. The van der Waals surface area contributed by atoms with Gasteiger partial charge in [0.25, 0.3) is 5.91 Å². The number of nitrogens with zero attached hydrogens (tertiary/aromatic N) is 1. The molecule has 2 atom stereocenters. The van der Waals surface area contributed by atoms with E-state index in [0.29, 0.717) is 25.3 Å². The van der Waals surface area contributed by atoms with Crippen molar-refractivity contribution in [1.29, 1.82) is 0 Å². The molecular formula is C21H26N2O4S. The second kappa shape index (κ2) is 7.78. The molecule has 2 fully saturated rings. The number of benzene rings is 1. The monoisotopic (exact) mass is 402 g/mol. The fourth-order valence-corrected chi connectivity index (χ4v) is 5.76. The molecule has 0 radical (unpaired) electrons. The summed E-state index contributed by atoms with van der Waals surface area (Å²) in [6.07, 6.45) is 5.80. The number of carbonyl (C=O) groups is 3. The van der Waals surface area contributed by atoms with Crippen molar-refractivity contribution in [3.05, 3.63) is 24.3 Å². The maximum Gasteiger partial charge on any atom is 0.344 e. The molecule has 28 heavy (non-hydrogen) atoms. The molecule has 1 saturated carbocycles. The summed E-state index contributed by atoms with van der Waals surface area (Å²) in [7, 11) is 0. The largest absolute Gasteiger partial charge is 0.450 e. The van der Waals surface area contributed by atoms with Crippen LogP contribution in [0.2, 0.25) is 0 Å². The molecule has 6 nitrogen and oxygen atoms in total. The maximum absolute atomic E-state index is 13.1. The van der Waals surface area contributed by atoms with E-state index in [1.165, 1.54) is 31.0 Å². The molecule has 0 aromatic heterocycles. The van der Waals surface area contributed by atoms with Gasteiger partial charge in [-0.05, 0) is 37.8 Å².